The summed E-state index contributed by atoms with van der Waals surface area (Å²) in [5, 5.41) is 3.40. The molecule has 1 atom stereocenters. The highest BCUT2D eigenvalue weighted by atomic mass is 15.1. The second-order valence-electron chi connectivity index (χ2n) is 4.62. The van der Waals surface area contributed by atoms with Crippen LogP contribution in [0.3, 0.4) is 0 Å². The van der Waals surface area contributed by atoms with Crippen LogP contribution in [0.5, 0.6) is 0 Å². The monoisotopic (exact) mass is 207 g/mol. The van der Waals surface area contributed by atoms with Crippen molar-refractivity contribution >= 4 is 5.82 Å². The molecule has 0 spiro atoms. The van der Waals surface area contributed by atoms with Crippen LogP contribution in [0.25, 0.3) is 0 Å². The predicted molar refractivity (Wildman–Crippen MR) is 64.9 cm³/mol. The molecule has 0 radical (unpaired) electrons. The molecule has 1 aromatic rings. The number of nitrogens with zero attached hydrogens (tertiary/aromatic N) is 1. The van der Waals surface area contributed by atoms with Gasteiger partial charge in [-0.2, -0.15) is 0 Å². The summed E-state index contributed by atoms with van der Waals surface area (Å²) in [7, 11) is 0. The second kappa shape index (κ2) is 4.62. The lowest BCUT2D eigenvalue weighted by molar-refractivity contribution is 0.381. The first-order valence-corrected chi connectivity index (χ1v) is 5.39. The molecule has 0 saturated heterocycles. The minimum atomic E-state index is -0.0950. The zero-order valence-corrected chi connectivity index (χ0v) is 10.0. The lowest BCUT2D eigenvalue weighted by Gasteiger charge is -2.34. The third-order valence-corrected chi connectivity index (χ3v) is 3.02. The summed E-state index contributed by atoms with van der Waals surface area (Å²) in [6, 6.07) is 4.04. The molecule has 0 saturated carbocycles. The van der Waals surface area contributed by atoms with Gasteiger partial charge in [0.25, 0.3) is 0 Å². The zero-order chi connectivity index (χ0) is 11.5. The Hall–Kier alpha value is -1.09. The van der Waals surface area contributed by atoms with Gasteiger partial charge in [-0.15, -0.1) is 0 Å². The molecule has 1 heterocycles. The summed E-state index contributed by atoms with van der Waals surface area (Å²) in [6.45, 7) is 9.07. The van der Waals surface area contributed by atoms with Crippen molar-refractivity contribution in [2.45, 2.75) is 33.2 Å². The van der Waals surface area contributed by atoms with Gasteiger partial charge in [-0.1, -0.05) is 19.9 Å². The van der Waals surface area contributed by atoms with Crippen LogP contribution in [-0.4, -0.2) is 17.1 Å². The fourth-order valence-corrected chi connectivity index (χ4v) is 1.27. The summed E-state index contributed by atoms with van der Waals surface area (Å²) in [6.07, 6.45) is 1.86. The first kappa shape index (κ1) is 12.0. The van der Waals surface area contributed by atoms with Gasteiger partial charge in [0.15, 0.2) is 0 Å². The van der Waals surface area contributed by atoms with Crippen molar-refractivity contribution in [3.8, 4) is 0 Å². The van der Waals surface area contributed by atoms with Crippen molar-refractivity contribution in [1.82, 2.24) is 4.98 Å². The summed E-state index contributed by atoms with van der Waals surface area (Å²) in [5.41, 5.74) is 6.87. The van der Waals surface area contributed by atoms with E-state index in [0.29, 0.717) is 12.5 Å². The van der Waals surface area contributed by atoms with Crippen LogP contribution in [0, 0.1) is 12.8 Å². The van der Waals surface area contributed by atoms with Crippen LogP contribution in [0.2, 0.25) is 0 Å². The molecule has 0 aliphatic heterocycles. The summed E-state index contributed by atoms with van der Waals surface area (Å²) >= 11 is 0. The van der Waals surface area contributed by atoms with Crippen LogP contribution in [0.1, 0.15) is 26.3 Å². The normalized spacial score (nSPS) is 15.1. The molecule has 0 bridgehead atoms. The molecule has 0 fully saturated rings. The number of anilines is 1. The van der Waals surface area contributed by atoms with E-state index in [4.69, 9.17) is 5.73 Å². The third-order valence-electron chi connectivity index (χ3n) is 3.02. The van der Waals surface area contributed by atoms with Gasteiger partial charge in [-0.3, -0.25) is 0 Å². The maximum Gasteiger partial charge on any atom is 0.126 e. The standard InChI is InChI=1S/C12H21N3/c1-9(2)12(4,8-13)15-11-6-5-10(3)7-14-11/h5-7,9H,8,13H2,1-4H3,(H,14,15). The molecule has 3 heteroatoms. The van der Waals surface area contributed by atoms with Crippen LogP contribution in [-0.2, 0) is 0 Å². The molecule has 0 aliphatic rings. The van der Waals surface area contributed by atoms with Crippen LogP contribution < -0.4 is 11.1 Å². The Kier molecular flexibility index (Phi) is 3.69. The lowest BCUT2D eigenvalue weighted by atomic mass is 9.88. The summed E-state index contributed by atoms with van der Waals surface area (Å²) < 4.78 is 0. The zero-order valence-electron chi connectivity index (χ0n) is 10.0. The first-order chi connectivity index (χ1) is 6.98. The van der Waals surface area contributed by atoms with Gasteiger partial charge in [-0.25, -0.2) is 4.98 Å². The largest absolute Gasteiger partial charge is 0.363 e. The Morgan fingerprint density at radius 1 is 1.47 bits per heavy atom. The molecule has 0 aliphatic carbocycles. The van der Waals surface area contributed by atoms with E-state index in [2.05, 4.69) is 31.1 Å². The maximum atomic E-state index is 5.80. The Morgan fingerprint density at radius 3 is 2.53 bits per heavy atom. The van der Waals surface area contributed by atoms with Crippen LogP contribution in [0.4, 0.5) is 5.82 Å². The fraction of sp³-hybridized carbons (Fsp3) is 0.583. The number of rotatable bonds is 4. The van der Waals surface area contributed by atoms with E-state index in [1.165, 1.54) is 5.56 Å². The summed E-state index contributed by atoms with van der Waals surface area (Å²) in [4.78, 5) is 4.33. The van der Waals surface area contributed by atoms with Gasteiger partial charge in [0.1, 0.15) is 5.82 Å². The van der Waals surface area contributed by atoms with Crippen molar-refractivity contribution in [3.05, 3.63) is 23.9 Å². The van der Waals surface area contributed by atoms with Gasteiger partial charge in [-0.05, 0) is 31.4 Å². The van der Waals surface area contributed by atoms with E-state index < -0.39 is 0 Å². The SMILES string of the molecule is Cc1ccc(NC(C)(CN)C(C)C)nc1. The van der Waals surface area contributed by atoms with Gasteiger partial charge in [0.2, 0.25) is 0 Å². The maximum absolute atomic E-state index is 5.80. The number of hydrogen-bond acceptors (Lipinski definition) is 3. The molecule has 3 nitrogen and oxygen atoms in total. The highest BCUT2D eigenvalue weighted by Crippen LogP contribution is 2.20. The Bertz CT molecular complexity index is 305. The molecule has 1 aromatic heterocycles. The molecule has 84 valence electrons. The van der Waals surface area contributed by atoms with E-state index >= 15 is 0 Å². The highest BCUT2D eigenvalue weighted by Gasteiger charge is 2.26. The molecule has 0 aromatic carbocycles. The van der Waals surface area contributed by atoms with E-state index in [1.54, 1.807) is 0 Å². The molecular formula is C12H21N3. The lowest BCUT2D eigenvalue weighted by Crippen LogP contribution is -2.47. The van der Waals surface area contributed by atoms with E-state index in [-0.39, 0.29) is 5.54 Å². The molecule has 15 heavy (non-hydrogen) atoms. The number of aryl methyl sites for hydroxylation is 1. The van der Waals surface area contributed by atoms with Gasteiger partial charge in [0.05, 0.1) is 5.54 Å². The van der Waals surface area contributed by atoms with Gasteiger partial charge < -0.3 is 11.1 Å². The smallest absolute Gasteiger partial charge is 0.126 e. The number of pyridine rings is 1. The fourth-order valence-electron chi connectivity index (χ4n) is 1.27. The quantitative estimate of drug-likeness (QED) is 0.795. The van der Waals surface area contributed by atoms with Crippen molar-refractivity contribution in [2.75, 3.05) is 11.9 Å². The van der Waals surface area contributed by atoms with Crippen molar-refractivity contribution in [3.63, 3.8) is 0 Å². The highest BCUT2D eigenvalue weighted by molar-refractivity contribution is 5.38. The van der Waals surface area contributed by atoms with Crippen molar-refractivity contribution < 1.29 is 0 Å². The molecule has 3 N–H and O–H groups in total. The number of aromatic nitrogens is 1. The predicted octanol–water partition coefficient (Wildman–Crippen LogP) is 2.18. The van der Waals surface area contributed by atoms with Crippen LogP contribution >= 0.6 is 0 Å². The molecule has 1 rings (SSSR count). The summed E-state index contributed by atoms with van der Waals surface area (Å²) in [5.74, 6) is 1.35. The first-order valence-electron chi connectivity index (χ1n) is 5.39. The van der Waals surface area contributed by atoms with Gasteiger partial charge >= 0.3 is 0 Å². The average Bonchev–Trinajstić information content (AvgIpc) is 2.21. The number of hydrogen-bond donors (Lipinski definition) is 2. The van der Waals surface area contributed by atoms with Crippen molar-refractivity contribution in [1.29, 1.82) is 0 Å². The third kappa shape index (κ3) is 2.93. The van der Waals surface area contributed by atoms with Gasteiger partial charge in [0, 0.05) is 12.7 Å². The van der Waals surface area contributed by atoms with E-state index in [9.17, 15) is 0 Å². The van der Waals surface area contributed by atoms with Crippen molar-refractivity contribution in [2.24, 2.45) is 11.7 Å². The molecule has 0 amide bonds. The second-order valence-corrected chi connectivity index (χ2v) is 4.62. The minimum absolute atomic E-state index is 0.0950. The topological polar surface area (TPSA) is 50.9 Å². The van der Waals surface area contributed by atoms with E-state index in [1.807, 2.05) is 25.3 Å². The average molecular weight is 207 g/mol. The molecular weight excluding hydrogens is 186 g/mol. The van der Waals surface area contributed by atoms with Crippen LogP contribution in [0.15, 0.2) is 18.3 Å². The number of nitrogens with two attached hydrogens (primary N) is 1. The number of nitrogens with one attached hydrogen (secondary N) is 1. The minimum Gasteiger partial charge on any atom is -0.363 e. The Labute approximate surface area is 92.1 Å². The Morgan fingerprint density at radius 2 is 2.13 bits per heavy atom. The molecule has 1 unspecified atom stereocenters. The Balaban J connectivity index is 2.79. The van der Waals surface area contributed by atoms with E-state index in [0.717, 1.165) is 5.82 Å².